The number of morpholine rings is 1. The minimum Gasteiger partial charge on any atom is -0.494 e. The molecule has 2 rings (SSSR count). The summed E-state index contributed by atoms with van der Waals surface area (Å²) in [5.74, 6) is 0.497. The highest BCUT2D eigenvalue weighted by Gasteiger charge is 2.28. The van der Waals surface area contributed by atoms with Gasteiger partial charge in [0.05, 0.1) is 31.4 Å². The smallest absolute Gasteiger partial charge is 0.296 e. The molecule has 0 bridgehead atoms. The molecular formula is C13H18N2O5. The van der Waals surface area contributed by atoms with E-state index in [2.05, 4.69) is 0 Å². The Hall–Kier alpha value is -1.86. The van der Waals surface area contributed by atoms with Crippen LogP contribution in [0.15, 0.2) is 18.2 Å². The summed E-state index contributed by atoms with van der Waals surface area (Å²) < 4.78 is 15.9. The fourth-order valence-corrected chi connectivity index (χ4v) is 2.35. The number of nitrogens with zero attached hydrogens (tertiary/aromatic N) is 2. The Morgan fingerprint density at radius 2 is 2.30 bits per heavy atom. The van der Waals surface area contributed by atoms with Crippen molar-refractivity contribution < 1.29 is 19.1 Å². The zero-order valence-electron chi connectivity index (χ0n) is 11.6. The highest BCUT2D eigenvalue weighted by Crippen LogP contribution is 2.38. The van der Waals surface area contributed by atoms with E-state index in [-0.39, 0.29) is 11.8 Å². The highest BCUT2D eigenvalue weighted by molar-refractivity contribution is 5.71. The van der Waals surface area contributed by atoms with E-state index in [1.54, 1.807) is 19.2 Å². The predicted molar refractivity (Wildman–Crippen MR) is 73.5 cm³/mol. The maximum absolute atomic E-state index is 11.2. The number of nitro benzene ring substituents is 1. The Morgan fingerprint density at radius 3 is 2.95 bits per heavy atom. The van der Waals surface area contributed by atoms with Crippen molar-refractivity contribution in [1.82, 2.24) is 0 Å². The lowest BCUT2D eigenvalue weighted by atomic mass is 10.2. The van der Waals surface area contributed by atoms with E-state index in [0.29, 0.717) is 37.7 Å². The number of hydrogen-bond acceptors (Lipinski definition) is 6. The van der Waals surface area contributed by atoms with Crippen LogP contribution >= 0.6 is 0 Å². The summed E-state index contributed by atoms with van der Waals surface area (Å²) in [5.41, 5.74) is 0.548. The van der Waals surface area contributed by atoms with E-state index in [4.69, 9.17) is 14.2 Å². The monoisotopic (exact) mass is 282 g/mol. The third kappa shape index (κ3) is 3.00. The third-order valence-electron chi connectivity index (χ3n) is 3.20. The van der Waals surface area contributed by atoms with Gasteiger partial charge < -0.3 is 19.1 Å². The molecular weight excluding hydrogens is 264 g/mol. The van der Waals surface area contributed by atoms with Gasteiger partial charge in [-0.2, -0.15) is 0 Å². The molecule has 1 aliphatic rings. The second-order valence-corrected chi connectivity index (χ2v) is 4.48. The predicted octanol–water partition coefficient (Wildman–Crippen LogP) is 1.45. The summed E-state index contributed by atoms with van der Waals surface area (Å²) in [6, 6.07) is 4.83. The van der Waals surface area contributed by atoms with E-state index >= 15 is 0 Å². The fourth-order valence-electron chi connectivity index (χ4n) is 2.35. The quantitative estimate of drug-likeness (QED) is 0.601. The first kappa shape index (κ1) is 14.5. The first-order chi connectivity index (χ1) is 9.67. The van der Waals surface area contributed by atoms with Gasteiger partial charge in [-0.15, -0.1) is 0 Å². The number of benzene rings is 1. The lowest BCUT2D eigenvalue weighted by Crippen LogP contribution is -2.44. The van der Waals surface area contributed by atoms with Gasteiger partial charge >= 0.3 is 0 Å². The minimum absolute atomic E-state index is 0.0439. The van der Waals surface area contributed by atoms with Crippen LogP contribution in [0.3, 0.4) is 0 Å². The van der Waals surface area contributed by atoms with E-state index in [0.717, 1.165) is 0 Å². The van der Waals surface area contributed by atoms with Crippen molar-refractivity contribution in [2.24, 2.45) is 0 Å². The average Bonchev–Trinajstić information content (AvgIpc) is 2.47. The maximum atomic E-state index is 11.2. The van der Waals surface area contributed by atoms with Crippen LogP contribution in [0, 0.1) is 10.1 Å². The molecule has 0 N–H and O–H groups in total. The van der Waals surface area contributed by atoms with E-state index < -0.39 is 4.92 Å². The van der Waals surface area contributed by atoms with Crippen molar-refractivity contribution in [3.05, 3.63) is 28.3 Å². The molecule has 0 unspecified atom stereocenters. The highest BCUT2D eigenvalue weighted by atomic mass is 16.6. The Balaban J connectivity index is 2.32. The van der Waals surface area contributed by atoms with Crippen LogP contribution in [-0.4, -0.2) is 51.6 Å². The Morgan fingerprint density at radius 1 is 1.50 bits per heavy atom. The number of hydrogen-bond donors (Lipinski definition) is 0. The van der Waals surface area contributed by atoms with Gasteiger partial charge in [-0.25, -0.2) is 0 Å². The first-order valence-corrected chi connectivity index (χ1v) is 6.34. The third-order valence-corrected chi connectivity index (χ3v) is 3.20. The maximum Gasteiger partial charge on any atom is 0.296 e. The molecule has 0 amide bonds. The zero-order chi connectivity index (χ0) is 14.5. The standard InChI is InChI=1S/C13H18N2O5/c1-18-9-10-8-14(6-7-20-10)13-11(15(16)17)4-3-5-12(13)19-2/h3-5,10H,6-9H2,1-2H3/t10-/m1/s1. The average molecular weight is 282 g/mol. The molecule has 1 fully saturated rings. The Labute approximate surface area is 117 Å². The van der Waals surface area contributed by atoms with Crippen LogP contribution in [0.5, 0.6) is 5.75 Å². The van der Waals surface area contributed by atoms with E-state index in [1.165, 1.54) is 13.2 Å². The number of methoxy groups -OCH3 is 2. The van der Waals surface area contributed by atoms with Gasteiger partial charge in [-0.1, -0.05) is 6.07 Å². The molecule has 1 aromatic carbocycles. The van der Waals surface area contributed by atoms with Crippen LogP contribution in [0.2, 0.25) is 0 Å². The SMILES string of the molecule is COC[C@H]1CN(c2c(OC)cccc2[N+](=O)[O-])CCO1. The van der Waals surface area contributed by atoms with E-state index in [9.17, 15) is 10.1 Å². The summed E-state index contributed by atoms with van der Waals surface area (Å²) in [5, 5.41) is 11.2. The van der Waals surface area contributed by atoms with Crippen molar-refractivity contribution in [1.29, 1.82) is 0 Å². The molecule has 0 spiro atoms. The van der Waals surface area contributed by atoms with E-state index in [1.807, 2.05) is 4.90 Å². The fraction of sp³-hybridized carbons (Fsp3) is 0.538. The van der Waals surface area contributed by atoms with Gasteiger partial charge in [0.2, 0.25) is 0 Å². The largest absolute Gasteiger partial charge is 0.494 e. The topological polar surface area (TPSA) is 74.1 Å². The number of ether oxygens (including phenoxy) is 3. The van der Waals surface area contributed by atoms with Gasteiger partial charge in [0, 0.05) is 26.3 Å². The second-order valence-electron chi connectivity index (χ2n) is 4.48. The molecule has 7 heteroatoms. The molecule has 1 aromatic rings. The minimum atomic E-state index is -0.390. The normalized spacial score (nSPS) is 18.9. The summed E-state index contributed by atoms with van der Waals surface area (Å²) in [6.07, 6.45) is -0.0988. The van der Waals surface area contributed by atoms with Gasteiger partial charge in [0.15, 0.2) is 5.69 Å². The van der Waals surface area contributed by atoms with Crippen LogP contribution in [0.25, 0.3) is 0 Å². The molecule has 0 aromatic heterocycles. The van der Waals surface area contributed by atoms with Crippen LogP contribution in [0.1, 0.15) is 0 Å². The van der Waals surface area contributed by atoms with Crippen LogP contribution in [0.4, 0.5) is 11.4 Å². The Bertz CT molecular complexity index is 478. The van der Waals surface area contributed by atoms with Gasteiger partial charge in [-0.3, -0.25) is 10.1 Å². The molecule has 1 aliphatic heterocycles. The van der Waals surface area contributed by atoms with Crippen molar-refractivity contribution in [3.8, 4) is 5.75 Å². The molecule has 0 aliphatic carbocycles. The number of nitro groups is 1. The number of para-hydroxylation sites is 1. The van der Waals surface area contributed by atoms with Crippen molar-refractivity contribution >= 4 is 11.4 Å². The molecule has 7 nitrogen and oxygen atoms in total. The zero-order valence-corrected chi connectivity index (χ0v) is 11.6. The number of rotatable bonds is 5. The summed E-state index contributed by atoms with van der Waals surface area (Å²) in [4.78, 5) is 12.7. The summed E-state index contributed by atoms with van der Waals surface area (Å²) in [6.45, 7) is 2.08. The van der Waals surface area contributed by atoms with Crippen LogP contribution in [-0.2, 0) is 9.47 Å². The molecule has 0 radical (unpaired) electrons. The molecule has 20 heavy (non-hydrogen) atoms. The van der Waals surface area contributed by atoms with Gasteiger partial charge in [0.25, 0.3) is 5.69 Å². The van der Waals surface area contributed by atoms with Crippen molar-refractivity contribution in [2.75, 3.05) is 45.4 Å². The molecule has 110 valence electrons. The Kier molecular flexibility index (Phi) is 4.75. The van der Waals surface area contributed by atoms with Crippen LogP contribution < -0.4 is 9.64 Å². The lowest BCUT2D eigenvalue weighted by molar-refractivity contribution is -0.384. The molecule has 1 saturated heterocycles. The molecule has 1 atom stereocenters. The summed E-state index contributed by atoms with van der Waals surface area (Å²) >= 11 is 0. The lowest BCUT2D eigenvalue weighted by Gasteiger charge is -2.34. The van der Waals surface area contributed by atoms with Gasteiger partial charge in [0.1, 0.15) is 5.75 Å². The van der Waals surface area contributed by atoms with Crippen molar-refractivity contribution in [2.45, 2.75) is 6.10 Å². The second kappa shape index (κ2) is 6.53. The molecule has 1 heterocycles. The number of anilines is 1. The first-order valence-electron chi connectivity index (χ1n) is 6.34. The summed E-state index contributed by atoms with van der Waals surface area (Å²) in [7, 11) is 3.11. The van der Waals surface area contributed by atoms with Gasteiger partial charge in [-0.05, 0) is 6.07 Å². The van der Waals surface area contributed by atoms with Crippen molar-refractivity contribution in [3.63, 3.8) is 0 Å². The molecule has 0 saturated carbocycles.